The first-order chi connectivity index (χ1) is 7.25. The van der Waals surface area contributed by atoms with Crippen LogP contribution in [-0.4, -0.2) is 19.7 Å². The van der Waals surface area contributed by atoms with Crippen molar-refractivity contribution >= 4 is 52.4 Å². The molecule has 0 saturated heterocycles. The zero-order valence-corrected chi connectivity index (χ0v) is 12.1. The Bertz CT molecular complexity index is 229. The third-order valence-electron chi connectivity index (χ3n) is 2.32. The van der Waals surface area contributed by atoms with Gasteiger partial charge in [-0.05, 0) is 6.42 Å². The normalized spacial score (nSPS) is 12.8. The number of aliphatic carboxylic acids is 1. The molecule has 0 saturated carbocycles. The topological polar surface area (TPSA) is 37.3 Å². The molecule has 6 heteroatoms. The van der Waals surface area contributed by atoms with Crippen LogP contribution in [0.4, 0.5) is 0 Å². The molecular weight excluding hydrogens is 294 g/mol. The van der Waals surface area contributed by atoms with E-state index >= 15 is 0 Å². The fourth-order valence-electron chi connectivity index (χ4n) is 1.26. The zero-order valence-electron chi connectivity index (χ0n) is 9.11. The van der Waals surface area contributed by atoms with E-state index in [1.165, 1.54) is 0 Å². The maximum Gasteiger partial charge on any atom is 0.343 e. The van der Waals surface area contributed by atoms with Crippen molar-refractivity contribution in [3.05, 3.63) is 0 Å². The molecule has 0 spiro atoms. The second-order valence-corrected chi connectivity index (χ2v) is 6.56. The SMILES string of the molecule is CCCCCCCC(Cl)(Cl)C(Cl)(Cl)C(=O)O. The number of alkyl halides is 4. The van der Waals surface area contributed by atoms with Gasteiger partial charge in [-0.25, -0.2) is 4.79 Å². The van der Waals surface area contributed by atoms with Crippen molar-refractivity contribution in [2.24, 2.45) is 0 Å². The van der Waals surface area contributed by atoms with Crippen LogP contribution in [0.25, 0.3) is 0 Å². The second-order valence-electron chi connectivity index (χ2n) is 3.75. The van der Waals surface area contributed by atoms with Crippen molar-refractivity contribution in [1.29, 1.82) is 0 Å². The van der Waals surface area contributed by atoms with E-state index in [0.29, 0.717) is 6.42 Å². The molecule has 0 radical (unpaired) electrons. The van der Waals surface area contributed by atoms with Gasteiger partial charge < -0.3 is 5.11 Å². The molecule has 0 aromatic rings. The summed E-state index contributed by atoms with van der Waals surface area (Å²) in [5.74, 6) is -1.42. The first-order valence-corrected chi connectivity index (χ1v) is 6.76. The number of halogens is 4. The number of unbranched alkanes of at least 4 members (excludes halogenated alkanes) is 4. The predicted octanol–water partition coefficient (Wildman–Crippen LogP) is 4.78. The highest BCUT2D eigenvalue weighted by Crippen LogP contribution is 2.46. The van der Waals surface area contributed by atoms with Crippen molar-refractivity contribution in [2.45, 2.75) is 54.1 Å². The molecule has 0 fully saturated rings. The van der Waals surface area contributed by atoms with Crippen molar-refractivity contribution in [2.75, 3.05) is 0 Å². The molecule has 0 unspecified atom stereocenters. The van der Waals surface area contributed by atoms with Gasteiger partial charge >= 0.3 is 5.97 Å². The summed E-state index contributed by atoms with van der Waals surface area (Å²) in [6.07, 6.45) is 5.27. The summed E-state index contributed by atoms with van der Waals surface area (Å²) in [4.78, 5) is 10.8. The zero-order chi connectivity index (χ0) is 12.8. The highest BCUT2D eigenvalue weighted by atomic mass is 35.5. The summed E-state index contributed by atoms with van der Waals surface area (Å²) in [5, 5.41) is 8.78. The van der Waals surface area contributed by atoms with Gasteiger partial charge in [0.15, 0.2) is 4.33 Å². The minimum absolute atomic E-state index is 0.263. The van der Waals surface area contributed by atoms with Gasteiger partial charge in [-0.3, -0.25) is 0 Å². The van der Waals surface area contributed by atoms with Gasteiger partial charge in [0.25, 0.3) is 0 Å². The fraction of sp³-hybridized carbons (Fsp3) is 0.900. The van der Waals surface area contributed by atoms with E-state index in [9.17, 15) is 4.79 Å². The van der Waals surface area contributed by atoms with E-state index in [-0.39, 0.29) is 6.42 Å². The molecule has 0 bridgehead atoms. The summed E-state index contributed by atoms with van der Waals surface area (Å²) in [6, 6.07) is 0. The van der Waals surface area contributed by atoms with Crippen molar-refractivity contribution < 1.29 is 9.90 Å². The molecular formula is C10H16Cl4O2. The lowest BCUT2D eigenvalue weighted by Gasteiger charge is -2.28. The number of carboxylic acids is 1. The van der Waals surface area contributed by atoms with Crippen LogP contribution < -0.4 is 0 Å². The molecule has 0 aliphatic heterocycles. The predicted molar refractivity (Wildman–Crippen MR) is 69.9 cm³/mol. The lowest BCUT2D eigenvalue weighted by Crippen LogP contribution is -2.43. The summed E-state index contributed by atoms with van der Waals surface area (Å²) in [5.41, 5.74) is 0. The Morgan fingerprint density at radius 2 is 1.56 bits per heavy atom. The van der Waals surface area contributed by atoms with Crippen LogP contribution >= 0.6 is 46.4 Å². The number of carbonyl (C=O) groups is 1. The van der Waals surface area contributed by atoms with E-state index in [1.54, 1.807) is 0 Å². The van der Waals surface area contributed by atoms with Gasteiger partial charge in [0, 0.05) is 0 Å². The highest BCUT2D eigenvalue weighted by Gasteiger charge is 2.52. The van der Waals surface area contributed by atoms with Gasteiger partial charge in [0.1, 0.15) is 0 Å². The first kappa shape index (κ1) is 16.6. The summed E-state index contributed by atoms with van der Waals surface area (Å²) in [7, 11) is 0. The Kier molecular flexibility index (Phi) is 7.43. The number of hydrogen-bond donors (Lipinski definition) is 1. The fourth-order valence-corrected chi connectivity index (χ4v) is 1.88. The molecule has 0 heterocycles. The number of carboxylic acid groups (broad SMARTS) is 1. The molecule has 96 valence electrons. The van der Waals surface area contributed by atoms with E-state index in [2.05, 4.69) is 6.92 Å². The third-order valence-corrected chi connectivity index (χ3v) is 4.62. The van der Waals surface area contributed by atoms with Crippen LogP contribution in [0.1, 0.15) is 45.4 Å². The standard InChI is InChI=1S/C10H16Cl4O2/c1-2-3-4-5-6-7-9(11,12)10(13,14)8(15)16/h2-7H2,1H3,(H,15,16). The van der Waals surface area contributed by atoms with Gasteiger partial charge in [0.05, 0.1) is 0 Å². The van der Waals surface area contributed by atoms with E-state index in [1.807, 2.05) is 0 Å². The Labute approximate surface area is 116 Å². The van der Waals surface area contributed by atoms with Gasteiger partial charge in [-0.2, -0.15) is 0 Å². The van der Waals surface area contributed by atoms with Crippen molar-refractivity contribution in [3.63, 3.8) is 0 Å². The molecule has 2 nitrogen and oxygen atoms in total. The van der Waals surface area contributed by atoms with Crippen LogP contribution in [0.3, 0.4) is 0 Å². The molecule has 0 amide bonds. The molecule has 0 aliphatic carbocycles. The lowest BCUT2D eigenvalue weighted by molar-refractivity contribution is -0.138. The van der Waals surface area contributed by atoms with E-state index in [0.717, 1.165) is 25.7 Å². The second kappa shape index (κ2) is 7.15. The molecule has 0 atom stereocenters. The number of rotatable bonds is 8. The quantitative estimate of drug-likeness (QED) is 0.517. The molecule has 0 aromatic heterocycles. The largest absolute Gasteiger partial charge is 0.479 e. The van der Waals surface area contributed by atoms with Crippen LogP contribution in [-0.2, 0) is 4.79 Å². The van der Waals surface area contributed by atoms with Gasteiger partial charge in [-0.1, -0.05) is 85.4 Å². The first-order valence-electron chi connectivity index (χ1n) is 5.24. The smallest absolute Gasteiger partial charge is 0.343 e. The van der Waals surface area contributed by atoms with E-state index in [4.69, 9.17) is 51.5 Å². The Morgan fingerprint density at radius 1 is 1.06 bits per heavy atom. The van der Waals surface area contributed by atoms with Crippen molar-refractivity contribution in [3.8, 4) is 0 Å². The highest BCUT2D eigenvalue weighted by molar-refractivity contribution is 6.68. The van der Waals surface area contributed by atoms with Crippen molar-refractivity contribution in [1.82, 2.24) is 0 Å². The maximum atomic E-state index is 10.8. The van der Waals surface area contributed by atoms with Crippen LogP contribution in [0.2, 0.25) is 0 Å². The lowest BCUT2D eigenvalue weighted by atomic mass is 10.1. The minimum Gasteiger partial charge on any atom is -0.479 e. The molecule has 16 heavy (non-hydrogen) atoms. The van der Waals surface area contributed by atoms with Crippen LogP contribution in [0, 0.1) is 0 Å². The monoisotopic (exact) mass is 308 g/mol. The number of hydrogen-bond acceptors (Lipinski definition) is 1. The Hall–Kier alpha value is 0.630. The Balaban J connectivity index is 4.09. The molecule has 1 N–H and O–H groups in total. The van der Waals surface area contributed by atoms with E-state index < -0.39 is 14.6 Å². The molecule has 0 aromatic carbocycles. The van der Waals surface area contributed by atoms with Gasteiger partial charge in [-0.15, -0.1) is 0 Å². The van der Waals surface area contributed by atoms with Gasteiger partial charge in [0.2, 0.25) is 4.33 Å². The molecule has 0 aliphatic rings. The van der Waals surface area contributed by atoms with Crippen LogP contribution in [0.5, 0.6) is 0 Å². The third kappa shape index (κ3) is 4.87. The minimum atomic E-state index is -2.17. The van der Waals surface area contributed by atoms with Crippen LogP contribution in [0.15, 0.2) is 0 Å². The summed E-state index contributed by atoms with van der Waals surface area (Å²) in [6.45, 7) is 2.11. The average molecular weight is 310 g/mol. The summed E-state index contributed by atoms with van der Waals surface area (Å²) < 4.78 is -3.82. The molecule has 0 rings (SSSR count). The average Bonchev–Trinajstić information content (AvgIpc) is 2.16. The maximum absolute atomic E-state index is 10.8. The Morgan fingerprint density at radius 3 is 2.00 bits per heavy atom. The summed E-state index contributed by atoms with van der Waals surface area (Å²) >= 11 is 22.9.